The Labute approximate surface area is 117 Å². The Morgan fingerprint density at radius 2 is 1.50 bits per heavy atom. The van der Waals surface area contributed by atoms with Gasteiger partial charge in [-0.15, -0.1) is 0 Å². The van der Waals surface area contributed by atoms with Gasteiger partial charge in [0, 0.05) is 12.2 Å². The molecule has 0 atom stereocenters. The Hall–Kier alpha value is -1.85. The van der Waals surface area contributed by atoms with E-state index in [1.165, 1.54) is 6.42 Å². The van der Waals surface area contributed by atoms with Crippen molar-refractivity contribution < 1.29 is 29.0 Å². The first kappa shape index (κ1) is 16.2. The van der Waals surface area contributed by atoms with Gasteiger partial charge < -0.3 is 14.6 Å². The van der Waals surface area contributed by atoms with Crippen LogP contribution in [0.5, 0.6) is 0 Å². The minimum atomic E-state index is -1.25. The van der Waals surface area contributed by atoms with Crippen molar-refractivity contribution in [2.45, 2.75) is 51.0 Å². The van der Waals surface area contributed by atoms with E-state index in [9.17, 15) is 14.4 Å². The average Bonchev–Trinajstić information content (AvgIpc) is 2.37. The Balaban J connectivity index is 2.30. The lowest BCUT2D eigenvalue weighted by Gasteiger charge is -2.19. The Morgan fingerprint density at radius 1 is 0.950 bits per heavy atom. The highest BCUT2D eigenvalue weighted by molar-refractivity contribution is 5.92. The van der Waals surface area contributed by atoms with Crippen LogP contribution >= 0.6 is 0 Å². The lowest BCUT2D eigenvalue weighted by Crippen LogP contribution is -2.18. The maximum atomic E-state index is 11.5. The summed E-state index contributed by atoms with van der Waals surface area (Å²) in [5.41, 5.74) is 0. The highest BCUT2D eigenvalue weighted by Gasteiger charge is 2.14. The van der Waals surface area contributed by atoms with E-state index in [1.54, 1.807) is 0 Å². The molecule has 6 nitrogen and oxygen atoms in total. The second-order valence-corrected chi connectivity index (χ2v) is 4.74. The molecule has 0 aromatic rings. The van der Waals surface area contributed by atoms with Crippen molar-refractivity contribution in [3.63, 3.8) is 0 Å². The second kappa shape index (κ2) is 9.12. The number of hydrogen-bond acceptors (Lipinski definition) is 5. The van der Waals surface area contributed by atoms with E-state index in [4.69, 9.17) is 9.84 Å². The molecule has 112 valence electrons. The fraction of sp³-hybridized carbons (Fsp3) is 0.643. The first-order chi connectivity index (χ1) is 9.58. The van der Waals surface area contributed by atoms with Crippen molar-refractivity contribution in [3.05, 3.63) is 12.2 Å². The number of esters is 2. The number of rotatable bonds is 5. The number of carbonyl (C=O) groups excluding carboxylic acids is 2. The molecule has 6 heteroatoms. The monoisotopic (exact) mass is 284 g/mol. The third-order valence-corrected chi connectivity index (χ3v) is 3.03. The lowest BCUT2D eigenvalue weighted by atomic mass is 9.99. The topological polar surface area (TPSA) is 89.9 Å². The van der Waals surface area contributed by atoms with Gasteiger partial charge in [0.15, 0.2) is 6.61 Å². The molecule has 1 rings (SSSR count). The fourth-order valence-corrected chi connectivity index (χ4v) is 2.06. The van der Waals surface area contributed by atoms with Gasteiger partial charge in [-0.25, -0.2) is 14.4 Å². The SMILES string of the molecule is O=C(O)COC(=O)/C=C/C(=O)OC1CCCCCCC1. The molecule has 0 aromatic carbocycles. The zero-order valence-corrected chi connectivity index (χ0v) is 11.4. The smallest absolute Gasteiger partial charge is 0.341 e. The van der Waals surface area contributed by atoms with Gasteiger partial charge in [-0.1, -0.05) is 19.3 Å². The van der Waals surface area contributed by atoms with E-state index in [1.807, 2.05) is 0 Å². The van der Waals surface area contributed by atoms with Gasteiger partial charge in [0.2, 0.25) is 0 Å². The van der Waals surface area contributed by atoms with Crippen molar-refractivity contribution in [2.75, 3.05) is 6.61 Å². The van der Waals surface area contributed by atoms with Crippen molar-refractivity contribution in [1.29, 1.82) is 0 Å². The number of carboxylic acids is 1. The molecule has 0 spiro atoms. The predicted octanol–water partition coefficient (Wildman–Crippen LogP) is 1.83. The van der Waals surface area contributed by atoms with Crippen LogP contribution in [0.1, 0.15) is 44.9 Å². The van der Waals surface area contributed by atoms with Crippen LogP contribution in [0.15, 0.2) is 12.2 Å². The summed E-state index contributed by atoms with van der Waals surface area (Å²) in [6, 6.07) is 0. The maximum absolute atomic E-state index is 11.5. The quantitative estimate of drug-likeness (QED) is 0.612. The van der Waals surface area contributed by atoms with Crippen LogP contribution in [-0.4, -0.2) is 35.7 Å². The molecule has 0 saturated heterocycles. The average molecular weight is 284 g/mol. The predicted molar refractivity (Wildman–Crippen MR) is 69.9 cm³/mol. The summed E-state index contributed by atoms with van der Waals surface area (Å²) >= 11 is 0. The number of carboxylic acid groups (broad SMARTS) is 1. The Morgan fingerprint density at radius 3 is 2.10 bits per heavy atom. The molecule has 0 aliphatic heterocycles. The van der Waals surface area contributed by atoms with Gasteiger partial charge in [-0.2, -0.15) is 0 Å². The molecule has 0 radical (unpaired) electrons. The molecule has 1 aliphatic rings. The summed E-state index contributed by atoms with van der Waals surface area (Å²) in [5, 5.41) is 8.31. The highest BCUT2D eigenvalue weighted by atomic mass is 16.6. The van der Waals surface area contributed by atoms with Crippen molar-refractivity contribution in [1.82, 2.24) is 0 Å². The normalized spacial score (nSPS) is 17.2. The molecule has 1 saturated carbocycles. The molecule has 0 unspecified atom stereocenters. The highest BCUT2D eigenvalue weighted by Crippen LogP contribution is 2.19. The minimum absolute atomic E-state index is 0.0949. The molecule has 0 amide bonds. The Kier molecular flexibility index (Phi) is 7.39. The van der Waals surface area contributed by atoms with Gasteiger partial charge in [0.05, 0.1) is 0 Å². The minimum Gasteiger partial charge on any atom is -0.479 e. The lowest BCUT2D eigenvalue weighted by molar-refractivity contribution is -0.152. The molecule has 0 heterocycles. The molecule has 0 bridgehead atoms. The largest absolute Gasteiger partial charge is 0.479 e. The number of ether oxygens (including phenoxy) is 2. The van der Waals surface area contributed by atoms with Gasteiger partial charge in [-0.05, 0) is 25.7 Å². The summed E-state index contributed by atoms with van der Waals surface area (Å²) in [7, 11) is 0. The summed E-state index contributed by atoms with van der Waals surface area (Å²) < 4.78 is 9.60. The summed E-state index contributed by atoms with van der Waals surface area (Å²) in [4.78, 5) is 32.8. The van der Waals surface area contributed by atoms with Crippen LogP contribution in [0, 0.1) is 0 Å². The van der Waals surface area contributed by atoms with Crippen LogP contribution in [0.4, 0.5) is 0 Å². The molecule has 1 fully saturated rings. The fourth-order valence-electron chi connectivity index (χ4n) is 2.06. The number of carbonyl (C=O) groups is 3. The molecule has 1 aliphatic carbocycles. The van der Waals surface area contributed by atoms with Gasteiger partial charge in [0.1, 0.15) is 6.10 Å². The number of aliphatic carboxylic acids is 1. The van der Waals surface area contributed by atoms with E-state index >= 15 is 0 Å². The van der Waals surface area contributed by atoms with Crippen molar-refractivity contribution in [2.24, 2.45) is 0 Å². The second-order valence-electron chi connectivity index (χ2n) is 4.74. The molecular formula is C14H20O6. The summed E-state index contributed by atoms with van der Waals surface area (Å²) in [6.45, 7) is -0.721. The van der Waals surface area contributed by atoms with Crippen molar-refractivity contribution in [3.8, 4) is 0 Å². The standard InChI is InChI=1S/C14H20O6/c15-12(16)10-19-13(17)8-9-14(18)20-11-6-4-2-1-3-5-7-11/h8-9,11H,1-7,10H2,(H,15,16)/b9-8+. The van der Waals surface area contributed by atoms with Crippen LogP contribution in [0.25, 0.3) is 0 Å². The van der Waals surface area contributed by atoms with E-state index in [-0.39, 0.29) is 6.10 Å². The van der Waals surface area contributed by atoms with E-state index in [0.717, 1.165) is 50.7 Å². The van der Waals surface area contributed by atoms with E-state index < -0.39 is 24.5 Å². The van der Waals surface area contributed by atoms with Gasteiger partial charge in [0.25, 0.3) is 0 Å². The van der Waals surface area contributed by atoms with Gasteiger partial charge in [-0.3, -0.25) is 0 Å². The zero-order chi connectivity index (χ0) is 14.8. The number of hydrogen-bond donors (Lipinski definition) is 1. The summed E-state index contributed by atoms with van der Waals surface area (Å²) in [6.07, 6.45) is 9.10. The molecular weight excluding hydrogens is 264 g/mol. The Bertz CT molecular complexity index is 366. The van der Waals surface area contributed by atoms with Crippen molar-refractivity contribution >= 4 is 17.9 Å². The third-order valence-electron chi connectivity index (χ3n) is 3.03. The van der Waals surface area contributed by atoms with E-state index in [0.29, 0.717) is 0 Å². The van der Waals surface area contributed by atoms with E-state index in [2.05, 4.69) is 4.74 Å². The van der Waals surface area contributed by atoms with Gasteiger partial charge >= 0.3 is 17.9 Å². The van der Waals surface area contributed by atoms with Crippen LogP contribution in [0.3, 0.4) is 0 Å². The third kappa shape index (κ3) is 7.56. The van der Waals surface area contributed by atoms with Crippen LogP contribution < -0.4 is 0 Å². The first-order valence-corrected chi connectivity index (χ1v) is 6.85. The maximum Gasteiger partial charge on any atom is 0.341 e. The van der Waals surface area contributed by atoms with Crippen LogP contribution in [0.2, 0.25) is 0 Å². The molecule has 0 aromatic heterocycles. The summed E-state index contributed by atoms with van der Waals surface area (Å²) in [5.74, 6) is -2.71. The zero-order valence-electron chi connectivity index (χ0n) is 11.4. The van der Waals surface area contributed by atoms with Crippen LogP contribution in [-0.2, 0) is 23.9 Å². The molecule has 1 N–H and O–H groups in total. The molecule has 20 heavy (non-hydrogen) atoms. The first-order valence-electron chi connectivity index (χ1n) is 6.85.